The molecule has 0 aliphatic heterocycles. The quantitative estimate of drug-likeness (QED) is 0.0927. The first-order valence-corrected chi connectivity index (χ1v) is 9.87. The number of hydrogen-bond acceptors (Lipinski definition) is 4. The van der Waals surface area contributed by atoms with Crippen LogP contribution < -0.4 is 78.7 Å². The van der Waals surface area contributed by atoms with E-state index in [1.165, 1.54) is 0 Å². The molecule has 0 aliphatic rings. The Morgan fingerprint density at radius 3 is 0.971 bits per heavy atom. The summed E-state index contributed by atoms with van der Waals surface area (Å²) in [7, 11) is 0. The normalized spacial score (nSPS) is 10.6. The van der Waals surface area contributed by atoms with Crippen molar-refractivity contribution in [3.63, 3.8) is 0 Å². The van der Waals surface area contributed by atoms with Crippen molar-refractivity contribution >= 4 is 32.3 Å². The van der Waals surface area contributed by atoms with Gasteiger partial charge in [0.1, 0.15) is 21.5 Å². The monoisotopic (exact) mass is 694 g/mol. The highest BCUT2D eigenvalue weighted by Crippen LogP contribution is 2.27. The number of nitrogens with one attached hydrogen (secondary N) is 2. The number of pyridine rings is 4. The molecule has 2 aromatic carbocycles. The Kier molecular flexibility index (Phi) is 7.33. The van der Waals surface area contributed by atoms with E-state index in [1.54, 1.807) is 73.3 Å². The van der Waals surface area contributed by atoms with Gasteiger partial charge in [-0.3, -0.25) is 0 Å². The molecule has 0 unspecified atom stereocenters. The summed E-state index contributed by atoms with van der Waals surface area (Å²) in [6.07, 6.45) is 6.50. The van der Waals surface area contributed by atoms with Crippen molar-refractivity contribution in [1.82, 2.24) is 9.97 Å². The molecular formula is C24H16I2N4O5. The van der Waals surface area contributed by atoms with Crippen LogP contribution in [-0.4, -0.2) is 15.4 Å². The Hall–Kier alpha value is -3.30. The summed E-state index contributed by atoms with van der Waals surface area (Å²) in [5.74, 6) is 0. The third-order valence-electron chi connectivity index (χ3n) is 5.81. The fourth-order valence-electron chi connectivity index (χ4n) is 4.40. The lowest BCUT2D eigenvalue weighted by atomic mass is 9.97. The summed E-state index contributed by atoms with van der Waals surface area (Å²) in [6.45, 7) is 0. The molecule has 0 saturated heterocycles. The van der Waals surface area contributed by atoms with Crippen LogP contribution in [0, 0.1) is 10.7 Å². The van der Waals surface area contributed by atoms with Crippen LogP contribution in [0.5, 0.6) is 0 Å². The summed E-state index contributed by atoms with van der Waals surface area (Å²) in [5.41, 5.74) is -2.01. The molecule has 11 heteroatoms. The second-order valence-corrected chi connectivity index (χ2v) is 7.48. The van der Waals surface area contributed by atoms with E-state index in [4.69, 9.17) is 0 Å². The molecule has 0 saturated carbocycles. The molecule has 0 radical (unpaired) electrons. The molecule has 4 N–H and O–H groups in total. The fourth-order valence-corrected chi connectivity index (χ4v) is 4.40. The van der Waals surface area contributed by atoms with Crippen LogP contribution in [0.15, 0.2) is 92.5 Å². The van der Waals surface area contributed by atoms with E-state index < -0.39 is 22.2 Å². The van der Waals surface area contributed by atoms with Crippen molar-refractivity contribution in [2.45, 2.75) is 0 Å². The van der Waals surface area contributed by atoms with E-state index in [1.807, 2.05) is 0 Å². The number of H-pyrrole nitrogens is 2. The molecule has 0 fully saturated rings. The van der Waals surface area contributed by atoms with Gasteiger partial charge >= 0.3 is 22.2 Å². The highest BCUT2D eigenvalue weighted by molar-refractivity contribution is 6.21. The highest BCUT2D eigenvalue weighted by Gasteiger charge is 2.26. The van der Waals surface area contributed by atoms with Gasteiger partial charge in [-0.05, 0) is 24.3 Å². The van der Waals surface area contributed by atoms with Gasteiger partial charge in [-0.2, -0.15) is 0 Å². The molecule has 0 spiro atoms. The SMILES string of the molecule is O.O=c1c2ccc3c(=O)[n+](=c4cc[nH]cc4)c(=O)c4ccc(c(=O)[n+]1=c1cc[nH]cc1)c2c34.[I-].[I-]. The second-order valence-electron chi connectivity index (χ2n) is 7.48. The summed E-state index contributed by atoms with van der Waals surface area (Å²) in [5, 5.41) is 2.64. The van der Waals surface area contributed by atoms with Gasteiger partial charge < -0.3 is 63.4 Å². The van der Waals surface area contributed by atoms with Crippen molar-refractivity contribution in [3.05, 3.63) is 125 Å². The van der Waals surface area contributed by atoms with Gasteiger partial charge in [-0.15, -0.1) is 0 Å². The average molecular weight is 694 g/mol. The molecule has 6 rings (SSSR count). The Morgan fingerprint density at radius 1 is 0.457 bits per heavy atom. The van der Waals surface area contributed by atoms with Crippen LogP contribution in [0.3, 0.4) is 0 Å². The van der Waals surface area contributed by atoms with Crippen molar-refractivity contribution in [3.8, 4) is 0 Å². The van der Waals surface area contributed by atoms with Gasteiger partial charge in [-0.1, -0.05) is 8.49 Å². The second kappa shape index (κ2) is 9.75. The maximum absolute atomic E-state index is 13.3. The molecule has 6 aromatic rings. The zero-order valence-electron chi connectivity index (χ0n) is 17.7. The van der Waals surface area contributed by atoms with E-state index >= 15 is 0 Å². The Balaban J connectivity index is 0.00000114. The van der Waals surface area contributed by atoms with E-state index in [0.29, 0.717) is 21.5 Å². The van der Waals surface area contributed by atoms with Crippen molar-refractivity contribution in [2.24, 2.45) is 0 Å². The molecule has 35 heavy (non-hydrogen) atoms. The lowest BCUT2D eigenvalue weighted by Crippen LogP contribution is -3.00. The van der Waals surface area contributed by atoms with E-state index in [9.17, 15) is 19.2 Å². The first-order chi connectivity index (χ1) is 15.6. The Labute approximate surface area is 228 Å². The average Bonchev–Trinajstić information content (AvgIpc) is 2.83. The molecule has 176 valence electrons. The lowest BCUT2D eigenvalue weighted by molar-refractivity contribution is -0.540. The zero-order chi connectivity index (χ0) is 22.0. The van der Waals surface area contributed by atoms with Crippen LogP contribution in [-0.2, 0) is 0 Å². The number of benzene rings is 2. The molecule has 0 atom stereocenters. The maximum atomic E-state index is 13.3. The van der Waals surface area contributed by atoms with E-state index in [-0.39, 0.29) is 75.0 Å². The molecule has 0 bridgehead atoms. The molecule has 4 aromatic heterocycles. The number of halogens is 2. The van der Waals surface area contributed by atoms with Crippen LogP contribution in [0.4, 0.5) is 0 Å². The number of aromatic nitrogens is 4. The number of hydrogen-bond donors (Lipinski definition) is 2. The van der Waals surface area contributed by atoms with Crippen molar-refractivity contribution < 1.29 is 61.9 Å². The Bertz CT molecular complexity index is 1860. The lowest BCUT2D eigenvalue weighted by Gasteiger charge is -2.03. The van der Waals surface area contributed by atoms with Crippen LogP contribution in [0.2, 0.25) is 0 Å². The third kappa shape index (κ3) is 3.70. The van der Waals surface area contributed by atoms with Crippen molar-refractivity contribution in [2.75, 3.05) is 0 Å². The molecule has 0 aliphatic carbocycles. The van der Waals surface area contributed by atoms with E-state index in [0.717, 1.165) is 8.49 Å². The summed E-state index contributed by atoms with van der Waals surface area (Å²) < 4.78 is 2.21. The zero-order valence-corrected chi connectivity index (χ0v) is 22.0. The number of aromatic amines is 2. The third-order valence-corrected chi connectivity index (χ3v) is 5.81. The van der Waals surface area contributed by atoms with Gasteiger partial charge in [0.05, 0.1) is 0 Å². The van der Waals surface area contributed by atoms with Crippen LogP contribution in [0.1, 0.15) is 0 Å². The van der Waals surface area contributed by atoms with Gasteiger partial charge in [0.2, 0.25) is 10.7 Å². The number of nitrogens with zero attached hydrogens (tertiary/aromatic N) is 2. The first kappa shape index (κ1) is 26.3. The molecule has 0 amide bonds. The summed E-state index contributed by atoms with van der Waals surface area (Å²) >= 11 is 0. The predicted molar refractivity (Wildman–Crippen MR) is 120 cm³/mol. The summed E-state index contributed by atoms with van der Waals surface area (Å²) in [6, 6.07) is 12.7. The highest BCUT2D eigenvalue weighted by atomic mass is 127. The minimum atomic E-state index is -0.502. The van der Waals surface area contributed by atoms with E-state index in [2.05, 4.69) is 9.97 Å². The minimum absolute atomic E-state index is 0. The van der Waals surface area contributed by atoms with Gasteiger partial charge in [0, 0.05) is 59.8 Å². The molecule has 4 heterocycles. The first-order valence-electron chi connectivity index (χ1n) is 9.87. The van der Waals surface area contributed by atoms with Gasteiger partial charge in [0.15, 0.2) is 0 Å². The van der Waals surface area contributed by atoms with Crippen LogP contribution in [0.25, 0.3) is 32.3 Å². The van der Waals surface area contributed by atoms with Gasteiger partial charge in [-0.25, -0.2) is 19.2 Å². The topological polar surface area (TPSA) is 143 Å². The number of rotatable bonds is 0. The van der Waals surface area contributed by atoms with Crippen molar-refractivity contribution in [1.29, 1.82) is 0 Å². The minimum Gasteiger partial charge on any atom is -1.00 e. The molecule has 9 nitrogen and oxygen atoms in total. The van der Waals surface area contributed by atoms with Crippen LogP contribution >= 0.6 is 0 Å². The molecular weight excluding hydrogens is 678 g/mol. The summed E-state index contributed by atoms with van der Waals surface area (Å²) in [4.78, 5) is 58.9. The smallest absolute Gasteiger partial charge is 0.429 e. The maximum Gasteiger partial charge on any atom is 0.429 e. The Morgan fingerprint density at radius 2 is 0.714 bits per heavy atom. The largest absolute Gasteiger partial charge is 1.00 e. The standard InChI is InChI=1S/C24H12N4O4.2HI.H2O/c29-21-15-1-2-16-20-18(24(32)28(22(16)30)14-7-11-26-12-8-14)4-3-17(19(15)20)23(31)27(21)13-5-9-25-10-6-13;;;/h1-12H;2*1H;1H2. The fraction of sp³-hybridized carbons (Fsp3) is 0. The predicted octanol–water partition coefficient (Wildman–Crippen LogP) is -6.52. The van der Waals surface area contributed by atoms with Gasteiger partial charge in [0.25, 0.3) is 0 Å².